The summed E-state index contributed by atoms with van der Waals surface area (Å²) >= 11 is 3.59. The first kappa shape index (κ1) is 13.9. The maximum atomic E-state index is 5.72. The first-order chi connectivity index (χ1) is 8.61. The zero-order chi connectivity index (χ0) is 13.1. The molecule has 2 nitrogen and oxygen atoms in total. The minimum absolute atomic E-state index is 0.625. The molecule has 2 unspecified atom stereocenters. The molecule has 0 aromatic heterocycles. The van der Waals surface area contributed by atoms with Gasteiger partial charge in [0.15, 0.2) is 0 Å². The molecule has 1 heterocycles. The molecule has 0 saturated carbocycles. The third-order valence-corrected chi connectivity index (χ3v) is 4.40. The van der Waals surface area contributed by atoms with Crippen LogP contribution >= 0.6 is 15.9 Å². The van der Waals surface area contributed by atoms with Crippen LogP contribution in [0, 0.1) is 5.92 Å². The third-order valence-electron chi connectivity index (χ3n) is 3.91. The van der Waals surface area contributed by atoms with Gasteiger partial charge in [-0.25, -0.2) is 0 Å². The van der Waals surface area contributed by atoms with Crippen LogP contribution < -0.4 is 10.6 Å². The fraction of sp³-hybridized carbons (Fsp3) is 0.600. The molecule has 1 aromatic rings. The van der Waals surface area contributed by atoms with Gasteiger partial charge in [0.2, 0.25) is 0 Å². The van der Waals surface area contributed by atoms with Crippen molar-refractivity contribution in [2.45, 2.75) is 39.2 Å². The number of piperidine rings is 1. The van der Waals surface area contributed by atoms with Gasteiger partial charge in [-0.05, 0) is 56.3 Å². The van der Waals surface area contributed by atoms with Crippen molar-refractivity contribution in [1.29, 1.82) is 0 Å². The summed E-state index contributed by atoms with van der Waals surface area (Å²) < 4.78 is 1.16. The van der Waals surface area contributed by atoms with Gasteiger partial charge >= 0.3 is 0 Å². The zero-order valence-electron chi connectivity index (χ0n) is 11.3. The van der Waals surface area contributed by atoms with Crippen molar-refractivity contribution in [3.63, 3.8) is 0 Å². The van der Waals surface area contributed by atoms with Crippen LogP contribution in [0.4, 0.5) is 5.69 Å². The molecule has 2 rings (SSSR count). The van der Waals surface area contributed by atoms with E-state index in [1.165, 1.54) is 24.1 Å². The lowest BCUT2D eigenvalue weighted by Gasteiger charge is -2.39. The third kappa shape index (κ3) is 3.07. The summed E-state index contributed by atoms with van der Waals surface area (Å²) in [6.45, 7) is 6.57. The van der Waals surface area contributed by atoms with Crippen LogP contribution in [-0.2, 0) is 6.42 Å². The van der Waals surface area contributed by atoms with Crippen LogP contribution in [0.5, 0.6) is 0 Å². The Labute approximate surface area is 119 Å². The summed E-state index contributed by atoms with van der Waals surface area (Å²) in [6, 6.07) is 7.19. The molecule has 3 heteroatoms. The summed E-state index contributed by atoms with van der Waals surface area (Å²) in [5.41, 5.74) is 8.47. The van der Waals surface area contributed by atoms with Crippen molar-refractivity contribution < 1.29 is 0 Å². The van der Waals surface area contributed by atoms with Crippen molar-refractivity contribution in [3.05, 3.63) is 28.2 Å². The number of anilines is 1. The van der Waals surface area contributed by atoms with Crippen molar-refractivity contribution in [2.24, 2.45) is 11.7 Å². The predicted octanol–water partition coefficient (Wildman–Crippen LogP) is 3.58. The van der Waals surface area contributed by atoms with Gasteiger partial charge in [-0.1, -0.05) is 28.9 Å². The fourth-order valence-corrected chi connectivity index (χ4v) is 3.29. The molecule has 18 heavy (non-hydrogen) atoms. The Morgan fingerprint density at radius 1 is 1.39 bits per heavy atom. The largest absolute Gasteiger partial charge is 0.369 e. The minimum Gasteiger partial charge on any atom is -0.369 e. The Kier molecular flexibility index (Phi) is 4.68. The topological polar surface area (TPSA) is 29.3 Å². The lowest BCUT2D eigenvalue weighted by molar-refractivity contribution is 0.377. The van der Waals surface area contributed by atoms with Gasteiger partial charge in [-0.15, -0.1) is 0 Å². The SMILES string of the molecule is CC1CCN(c2cc(Br)ccc2CCN)C(C)C1. The number of hydrogen-bond donors (Lipinski definition) is 1. The molecule has 1 aliphatic heterocycles. The zero-order valence-corrected chi connectivity index (χ0v) is 12.9. The highest BCUT2D eigenvalue weighted by molar-refractivity contribution is 9.10. The summed E-state index contributed by atoms with van der Waals surface area (Å²) in [7, 11) is 0. The predicted molar refractivity (Wildman–Crippen MR) is 82.1 cm³/mol. The van der Waals surface area contributed by atoms with Crippen LogP contribution in [0.3, 0.4) is 0 Å². The molecule has 0 radical (unpaired) electrons. The molecule has 0 spiro atoms. The molecule has 1 fully saturated rings. The quantitative estimate of drug-likeness (QED) is 0.924. The van der Waals surface area contributed by atoms with E-state index >= 15 is 0 Å². The second kappa shape index (κ2) is 6.07. The van der Waals surface area contributed by atoms with Crippen LogP contribution in [-0.4, -0.2) is 19.1 Å². The summed E-state index contributed by atoms with van der Waals surface area (Å²) in [5.74, 6) is 0.848. The number of benzene rings is 1. The number of nitrogens with zero attached hydrogens (tertiary/aromatic N) is 1. The summed E-state index contributed by atoms with van der Waals surface area (Å²) in [6.07, 6.45) is 3.54. The maximum Gasteiger partial charge on any atom is 0.0412 e. The first-order valence-electron chi connectivity index (χ1n) is 6.87. The van der Waals surface area contributed by atoms with Crippen LogP contribution in [0.25, 0.3) is 0 Å². The monoisotopic (exact) mass is 310 g/mol. The second-order valence-corrected chi connectivity index (χ2v) is 6.40. The number of halogens is 1. The molecule has 100 valence electrons. The van der Waals surface area contributed by atoms with Gasteiger partial charge in [0.25, 0.3) is 0 Å². The smallest absolute Gasteiger partial charge is 0.0412 e. The Morgan fingerprint density at radius 2 is 2.17 bits per heavy atom. The second-order valence-electron chi connectivity index (χ2n) is 5.48. The van der Waals surface area contributed by atoms with Gasteiger partial charge in [0, 0.05) is 22.7 Å². The summed E-state index contributed by atoms with van der Waals surface area (Å²) in [4.78, 5) is 2.55. The van der Waals surface area contributed by atoms with Crippen LogP contribution in [0.15, 0.2) is 22.7 Å². The maximum absolute atomic E-state index is 5.72. The van der Waals surface area contributed by atoms with Crippen molar-refractivity contribution in [3.8, 4) is 0 Å². The van der Waals surface area contributed by atoms with Gasteiger partial charge in [0.05, 0.1) is 0 Å². The first-order valence-corrected chi connectivity index (χ1v) is 7.66. The van der Waals surface area contributed by atoms with Gasteiger partial charge in [0.1, 0.15) is 0 Å². The van der Waals surface area contributed by atoms with E-state index < -0.39 is 0 Å². The molecular formula is C15H23BrN2. The van der Waals surface area contributed by atoms with Crippen molar-refractivity contribution >= 4 is 21.6 Å². The Balaban J connectivity index is 2.28. The molecule has 0 bridgehead atoms. The number of hydrogen-bond acceptors (Lipinski definition) is 2. The van der Waals surface area contributed by atoms with E-state index in [0.29, 0.717) is 12.6 Å². The highest BCUT2D eigenvalue weighted by atomic mass is 79.9. The molecule has 0 aliphatic carbocycles. The lowest BCUT2D eigenvalue weighted by Crippen LogP contribution is -2.40. The van der Waals surface area contributed by atoms with Crippen LogP contribution in [0.2, 0.25) is 0 Å². The molecule has 1 aromatic carbocycles. The number of rotatable bonds is 3. The average Bonchev–Trinajstić information content (AvgIpc) is 2.32. The lowest BCUT2D eigenvalue weighted by atomic mass is 9.92. The van der Waals surface area contributed by atoms with Gasteiger partial charge in [-0.2, -0.15) is 0 Å². The highest BCUT2D eigenvalue weighted by Crippen LogP contribution is 2.32. The molecule has 1 aliphatic rings. The Hall–Kier alpha value is -0.540. The van der Waals surface area contributed by atoms with E-state index in [2.05, 4.69) is 52.9 Å². The van der Waals surface area contributed by atoms with Crippen LogP contribution in [0.1, 0.15) is 32.3 Å². The van der Waals surface area contributed by atoms with Crippen molar-refractivity contribution in [1.82, 2.24) is 0 Å². The van der Waals surface area contributed by atoms with E-state index in [9.17, 15) is 0 Å². The molecular weight excluding hydrogens is 288 g/mol. The van der Waals surface area contributed by atoms with Gasteiger partial charge in [-0.3, -0.25) is 0 Å². The van der Waals surface area contributed by atoms with E-state index in [0.717, 1.165) is 23.4 Å². The van der Waals surface area contributed by atoms with E-state index in [1.54, 1.807) is 0 Å². The minimum atomic E-state index is 0.625. The van der Waals surface area contributed by atoms with E-state index in [4.69, 9.17) is 5.73 Å². The molecule has 2 N–H and O–H groups in total. The van der Waals surface area contributed by atoms with E-state index in [-0.39, 0.29) is 0 Å². The van der Waals surface area contributed by atoms with Gasteiger partial charge < -0.3 is 10.6 Å². The summed E-state index contributed by atoms with van der Waals surface area (Å²) in [5, 5.41) is 0. The number of nitrogens with two attached hydrogens (primary N) is 1. The molecule has 2 atom stereocenters. The normalized spacial score (nSPS) is 24.3. The van der Waals surface area contributed by atoms with E-state index in [1.807, 2.05) is 0 Å². The average molecular weight is 311 g/mol. The molecule has 1 saturated heterocycles. The fourth-order valence-electron chi connectivity index (χ4n) is 2.94. The standard InChI is InChI=1S/C15H23BrN2/c1-11-6-8-18(12(2)9-11)15-10-14(16)4-3-13(15)5-7-17/h3-4,10-12H,5-9,17H2,1-2H3. The molecule has 0 amide bonds. The van der Waals surface area contributed by atoms with Crippen molar-refractivity contribution in [2.75, 3.05) is 18.0 Å². The highest BCUT2D eigenvalue weighted by Gasteiger charge is 2.24. The Bertz CT molecular complexity index is 405. The Morgan fingerprint density at radius 3 is 2.83 bits per heavy atom.